The second kappa shape index (κ2) is 3.19. The van der Waals surface area contributed by atoms with Crippen LogP contribution in [0.2, 0.25) is 0 Å². The molecule has 1 amide bonds. The molecule has 0 saturated heterocycles. The SMILES string of the molecule is C[C@H]1CNC(=O)c2cc(F)cc3nc(N)n1c23. The molecule has 6 heteroatoms. The van der Waals surface area contributed by atoms with Crippen LogP contribution in [0.15, 0.2) is 12.1 Å². The van der Waals surface area contributed by atoms with Gasteiger partial charge in [-0.05, 0) is 13.0 Å². The Morgan fingerprint density at radius 1 is 1.59 bits per heavy atom. The number of halogens is 1. The Morgan fingerprint density at radius 2 is 2.35 bits per heavy atom. The molecule has 1 aliphatic heterocycles. The van der Waals surface area contributed by atoms with Crippen LogP contribution < -0.4 is 11.1 Å². The maximum atomic E-state index is 13.4. The highest BCUT2D eigenvalue weighted by Gasteiger charge is 2.24. The largest absolute Gasteiger partial charge is 0.369 e. The minimum absolute atomic E-state index is 0.00402. The van der Waals surface area contributed by atoms with E-state index in [1.165, 1.54) is 12.1 Å². The molecule has 1 atom stereocenters. The van der Waals surface area contributed by atoms with Crippen LogP contribution in [0, 0.1) is 5.82 Å². The van der Waals surface area contributed by atoms with Gasteiger partial charge in [0.15, 0.2) is 0 Å². The predicted molar refractivity (Wildman–Crippen MR) is 61.1 cm³/mol. The second-order valence-electron chi connectivity index (χ2n) is 4.22. The van der Waals surface area contributed by atoms with Crippen LogP contribution in [0.3, 0.4) is 0 Å². The van der Waals surface area contributed by atoms with Crippen molar-refractivity contribution in [3.63, 3.8) is 0 Å². The zero-order chi connectivity index (χ0) is 12.2. The monoisotopic (exact) mass is 234 g/mol. The van der Waals surface area contributed by atoms with Gasteiger partial charge in [0, 0.05) is 12.6 Å². The van der Waals surface area contributed by atoms with Gasteiger partial charge in [-0.15, -0.1) is 0 Å². The maximum Gasteiger partial charge on any atom is 0.253 e. The molecule has 5 nitrogen and oxygen atoms in total. The molecule has 88 valence electrons. The van der Waals surface area contributed by atoms with Crippen molar-refractivity contribution in [1.29, 1.82) is 0 Å². The zero-order valence-electron chi connectivity index (χ0n) is 9.20. The summed E-state index contributed by atoms with van der Waals surface area (Å²) in [5.41, 5.74) is 7.12. The topological polar surface area (TPSA) is 72.9 Å². The maximum absolute atomic E-state index is 13.4. The van der Waals surface area contributed by atoms with Crippen molar-refractivity contribution in [1.82, 2.24) is 14.9 Å². The average molecular weight is 234 g/mol. The van der Waals surface area contributed by atoms with Crippen LogP contribution in [-0.4, -0.2) is 22.0 Å². The highest BCUT2D eigenvalue weighted by atomic mass is 19.1. The highest BCUT2D eigenvalue weighted by molar-refractivity contribution is 6.06. The number of hydrogen-bond donors (Lipinski definition) is 2. The van der Waals surface area contributed by atoms with E-state index in [1.54, 1.807) is 4.57 Å². The molecule has 1 aromatic heterocycles. The van der Waals surface area contributed by atoms with Gasteiger partial charge < -0.3 is 15.6 Å². The molecule has 17 heavy (non-hydrogen) atoms. The first-order valence-electron chi connectivity index (χ1n) is 5.33. The quantitative estimate of drug-likeness (QED) is 0.716. The number of nitrogen functional groups attached to an aromatic ring is 1. The molecule has 0 fully saturated rings. The molecule has 0 radical (unpaired) electrons. The molecule has 0 bridgehead atoms. The fourth-order valence-corrected chi connectivity index (χ4v) is 2.26. The normalized spacial score (nSPS) is 19.2. The number of nitrogens with zero attached hydrogens (tertiary/aromatic N) is 2. The van der Waals surface area contributed by atoms with Gasteiger partial charge in [-0.25, -0.2) is 9.37 Å². The Balaban J connectivity index is 2.48. The van der Waals surface area contributed by atoms with E-state index in [4.69, 9.17) is 5.73 Å². The lowest BCUT2D eigenvalue weighted by atomic mass is 10.1. The van der Waals surface area contributed by atoms with Crippen LogP contribution in [0.5, 0.6) is 0 Å². The molecule has 0 unspecified atom stereocenters. The Morgan fingerprint density at radius 3 is 3.12 bits per heavy atom. The summed E-state index contributed by atoms with van der Waals surface area (Å²) >= 11 is 0. The Bertz CT molecular complexity index is 634. The molecule has 3 N–H and O–H groups in total. The molecule has 3 rings (SSSR count). The fourth-order valence-electron chi connectivity index (χ4n) is 2.26. The summed E-state index contributed by atoms with van der Waals surface area (Å²) in [6.45, 7) is 2.38. The number of hydrogen-bond acceptors (Lipinski definition) is 3. The van der Waals surface area contributed by atoms with Crippen LogP contribution in [0.25, 0.3) is 11.0 Å². The number of aromatic nitrogens is 2. The van der Waals surface area contributed by atoms with E-state index in [9.17, 15) is 9.18 Å². The van der Waals surface area contributed by atoms with E-state index in [0.29, 0.717) is 23.5 Å². The molecule has 0 spiro atoms. The third-order valence-corrected chi connectivity index (χ3v) is 3.02. The zero-order valence-corrected chi connectivity index (χ0v) is 9.20. The minimum atomic E-state index is -0.484. The van der Waals surface area contributed by atoms with Gasteiger partial charge in [0.2, 0.25) is 5.95 Å². The van der Waals surface area contributed by atoms with Crippen molar-refractivity contribution in [3.8, 4) is 0 Å². The number of imidazole rings is 1. The third kappa shape index (κ3) is 1.30. The van der Waals surface area contributed by atoms with Crippen LogP contribution in [-0.2, 0) is 0 Å². The van der Waals surface area contributed by atoms with Gasteiger partial charge in [-0.3, -0.25) is 4.79 Å². The van der Waals surface area contributed by atoms with Gasteiger partial charge in [0.1, 0.15) is 5.82 Å². The molecular formula is C11H11FN4O. The number of nitrogens with one attached hydrogen (secondary N) is 1. The van der Waals surface area contributed by atoms with Crippen molar-refractivity contribution in [2.75, 3.05) is 12.3 Å². The molecular weight excluding hydrogens is 223 g/mol. The Hall–Kier alpha value is -2.11. The van der Waals surface area contributed by atoms with Gasteiger partial charge in [0.25, 0.3) is 5.91 Å². The van der Waals surface area contributed by atoms with Crippen molar-refractivity contribution in [3.05, 3.63) is 23.5 Å². The summed E-state index contributed by atoms with van der Waals surface area (Å²) in [5, 5.41) is 2.73. The molecule has 1 aliphatic rings. The van der Waals surface area contributed by atoms with E-state index in [2.05, 4.69) is 10.3 Å². The Labute approximate surface area is 96.4 Å². The molecule has 0 aliphatic carbocycles. The van der Waals surface area contributed by atoms with Crippen molar-refractivity contribution in [2.24, 2.45) is 0 Å². The minimum Gasteiger partial charge on any atom is -0.369 e. The van der Waals surface area contributed by atoms with Gasteiger partial charge in [-0.2, -0.15) is 0 Å². The highest BCUT2D eigenvalue weighted by Crippen LogP contribution is 2.28. The molecule has 2 aromatic rings. The van der Waals surface area contributed by atoms with Crippen molar-refractivity contribution < 1.29 is 9.18 Å². The summed E-state index contributed by atoms with van der Waals surface area (Å²) in [5.74, 6) is -0.474. The number of anilines is 1. The number of amides is 1. The first-order valence-corrected chi connectivity index (χ1v) is 5.33. The number of carbonyl (C=O) groups is 1. The van der Waals surface area contributed by atoms with Crippen molar-refractivity contribution >= 4 is 22.9 Å². The van der Waals surface area contributed by atoms with Crippen LogP contribution in [0.4, 0.5) is 10.3 Å². The Kier molecular flexibility index (Phi) is 1.89. The molecule has 1 aromatic carbocycles. The van der Waals surface area contributed by atoms with E-state index < -0.39 is 5.82 Å². The van der Waals surface area contributed by atoms with E-state index in [-0.39, 0.29) is 17.5 Å². The second-order valence-corrected chi connectivity index (χ2v) is 4.22. The lowest BCUT2D eigenvalue weighted by molar-refractivity contribution is 0.0953. The standard InChI is InChI=1S/C11H11FN4O/c1-5-4-14-10(17)7-2-6(12)3-8-9(7)16(5)11(13)15-8/h2-3,5H,4H2,1H3,(H2,13,15)(H,14,17)/t5-/m0/s1. The van der Waals surface area contributed by atoms with Gasteiger partial charge >= 0.3 is 0 Å². The lowest BCUT2D eigenvalue weighted by Crippen LogP contribution is -2.26. The van der Waals surface area contributed by atoms with E-state index in [1.807, 2.05) is 6.92 Å². The summed E-state index contributed by atoms with van der Waals surface area (Å²) in [6.07, 6.45) is 0. The summed E-state index contributed by atoms with van der Waals surface area (Å²) in [7, 11) is 0. The van der Waals surface area contributed by atoms with Gasteiger partial charge in [-0.1, -0.05) is 0 Å². The lowest BCUT2D eigenvalue weighted by Gasteiger charge is -2.12. The first kappa shape index (κ1) is 10.1. The van der Waals surface area contributed by atoms with Crippen LogP contribution in [0.1, 0.15) is 23.3 Å². The first-order chi connectivity index (χ1) is 8.08. The fraction of sp³-hybridized carbons (Fsp3) is 0.273. The smallest absolute Gasteiger partial charge is 0.253 e. The average Bonchev–Trinajstić information content (AvgIpc) is 2.53. The summed E-state index contributed by atoms with van der Waals surface area (Å²) in [4.78, 5) is 15.9. The summed E-state index contributed by atoms with van der Waals surface area (Å²) < 4.78 is 15.1. The van der Waals surface area contributed by atoms with Crippen LogP contribution >= 0.6 is 0 Å². The third-order valence-electron chi connectivity index (χ3n) is 3.02. The predicted octanol–water partition coefficient (Wildman–Crippen LogP) is 1.06. The van der Waals surface area contributed by atoms with Gasteiger partial charge in [0.05, 0.1) is 22.6 Å². The number of benzene rings is 1. The van der Waals surface area contributed by atoms with E-state index >= 15 is 0 Å². The van der Waals surface area contributed by atoms with E-state index in [0.717, 1.165) is 0 Å². The number of carbonyl (C=O) groups excluding carboxylic acids is 1. The molecule has 2 heterocycles. The number of rotatable bonds is 0. The van der Waals surface area contributed by atoms with Crippen molar-refractivity contribution in [2.45, 2.75) is 13.0 Å². The summed E-state index contributed by atoms with van der Waals surface area (Å²) in [6, 6.07) is 2.50. The number of nitrogens with two attached hydrogens (primary N) is 1. The molecule has 0 saturated carbocycles.